The average molecular weight is 399 g/mol. The van der Waals surface area contributed by atoms with Gasteiger partial charge >= 0.3 is 5.97 Å². The highest BCUT2D eigenvalue weighted by Gasteiger charge is 2.34. The molecule has 1 aromatic carbocycles. The predicted molar refractivity (Wildman–Crippen MR) is 116 cm³/mol. The van der Waals surface area contributed by atoms with Gasteiger partial charge in [0, 0.05) is 17.1 Å². The Morgan fingerprint density at radius 2 is 2.03 bits per heavy atom. The van der Waals surface area contributed by atoms with Crippen LogP contribution in [0.15, 0.2) is 35.9 Å². The van der Waals surface area contributed by atoms with Crippen molar-refractivity contribution < 1.29 is 19.0 Å². The second-order valence-electron chi connectivity index (χ2n) is 8.49. The van der Waals surface area contributed by atoms with Gasteiger partial charge in [0.1, 0.15) is 11.5 Å². The second-order valence-corrected chi connectivity index (χ2v) is 8.49. The van der Waals surface area contributed by atoms with E-state index >= 15 is 0 Å². The first-order valence-corrected chi connectivity index (χ1v) is 10.8. The molecule has 1 atom stereocenters. The number of fused-ring (bicyclic) bond motifs is 1. The molecule has 158 valence electrons. The van der Waals surface area contributed by atoms with Gasteiger partial charge in [0.15, 0.2) is 0 Å². The van der Waals surface area contributed by atoms with Crippen LogP contribution in [0.5, 0.6) is 11.5 Å². The van der Waals surface area contributed by atoms with Gasteiger partial charge in [-0.1, -0.05) is 37.8 Å². The molecular weight excluding hydrogens is 364 g/mol. The van der Waals surface area contributed by atoms with Crippen molar-refractivity contribution in [3.05, 3.63) is 41.5 Å². The first kappa shape index (κ1) is 21.5. The van der Waals surface area contributed by atoms with E-state index in [2.05, 4.69) is 19.1 Å². The fourth-order valence-electron chi connectivity index (χ4n) is 4.44. The smallest absolute Gasteiger partial charge is 0.330 e. The van der Waals surface area contributed by atoms with Crippen LogP contribution < -0.4 is 9.47 Å². The summed E-state index contributed by atoms with van der Waals surface area (Å²) in [7, 11) is 1.69. The van der Waals surface area contributed by atoms with Crippen molar-refractivity contribution in [3.8, 4) is 11.5 Å². The van der Waals surface area contributed by atoms with E-state index in [0.717, 1.165) is 35.7 Å². The molecule has 1 heterocycles. The molecule has 0 N–H and O–H groups in total. The Morgan fingerprint density at radius 1 is 1.28 bits per heavy atom. The number of carbonyl (C=O) groups excluding carboxylic acids is 1. The Bertz CT molecular complexity index is 784. The lowest BCUT2D eigenvalue weighted by Crippen LogP contribution is -2.28. The van der Waals surface area contributed by atoms with Crippen molar-refractivity contribution >= 4 is 11.5 Å². The Balaban J connectivity index is 1.94. The number of hydrogen-bond donors (Lipinski definition) is 0. The highest BCUT2D eigenvalue weighted by Crippen LogP contribution is 2.46. The molecule has 1 spiro atoms. The van der Waals surface area contributed by atoms with Gasteiger partial charge in [-0.2, -0.15) is 0 Å². The van der Waals surface area contributed by atoms with Crippen LogP contribution in [0, 0.1) is 11.3 Å². The van der Waals surface area contributed by atoms with Crippen LogP contribution >= 0.6 is 0 Å². The van der Waals surface area contributed by atoms with E-state index < -0.39 is 0 Å². The Kier molecular flexibility index (Phi) is 7.05. The van der Waals surface area contributed by atoms with Crippen molar-refractivity contribution in [1.29, 1.82) is 0 Å². The summed E-state index contributed by atoms with van der Waals surface area (Å²) in [5, 5.41) is 0. The number of methoxy groups -OCH3 is 1. The fraction of sp³-hybridized carbons (Fsp3) is 0.560. The van der Waals surface area contributed by atoms with E-state index in [1.807, 2.05) is 26.0 Å². The largest absolute Gasteiger partial charge is 0.497 e. The molecule has 0 aromatic heterocycles. The highest BCUT2D eigenvalue weighted by molar-refractivity contribution is 5.83. The monoisotopic (exact) mass is 398 g/mol. The van der Waals surface area contributed by atoms with Crippen molar-refractivity contribution in [2.24, 2.45) is 11.3 Å². The third-order valence-electron chi connectivity index (χ3n) is 6.31. The minimum absolute atomic E-state index is 0.109. The zero-order chi connectivity index (χ0) is 20.9. The van der Waals surface area contributed by atoms with E-state index in [9.17, 15) is 4.79 Å². The van der Waals surface area contributed by atoms with Crippen LogP contribution in [0.3, 0.4) is 0 Å². The third-order valence-corrected chi connectivity index (χ3v) is 6.31. The molecule has 4 heteroatoms. The summed E-state index contributed by atoms with van der Waals surface area (Å²) in [6, 6.07) is 6.07. The average Bonchev–Trinajstić information content (AvgIpc) is 2.85. The number of ether oxygens (including phenoxy) is 3. The number of benzene rings is 1. The van der Waals surface area contributed by atoms with E-state index in [4.69, 9.17) is 14.2 Å². The minimum Gasteiger partial charge on any atom is -0.497 e. The maximum absolute atomic E-state index is 11.9. The summed E-state index contributed by atoms with van der Waals surface area (Å²) >= 11 is 0. The molecule has 2 aliphatic rings. The first-order chi connectivity index (χ1) is 14.0. The van der Waals surface area contributed by atoms with Gasteiger partial charge < -0.3 is 14.2 Å². The molecule has 1 aliphatic carbocycles. The summed E-state index contributed by atoms with van der Waals surface area (Å²) in [5.41, 5.74) is 3.56. The summed E-state index contributed by atoms with van der Waals surface area (Å²) in [4.78, 5) is 11.9. The molecule has 1 aliphatic heterocycles. The molecule has 0 saturated heterocycles. The number of hydrogen-bond acceptors (Lipinski definition) is 4. The standard InChI is InChI=1S/C25H34O4/c1-5-28-24(26)14-19(3)18(2)13-20-16-25(11-7-6-8-12-25)17-29-23-10-9-21(27-4)15-22(20)23/h9-10,14-16,18H,5-8,11-13,17H2,1-4H3/b19-14+. The molecule has 1 fully saturated rings. The topological polar surface area (TPSA) is 44.8 Å². The van der Waals surface area contributed by atoms with Crippen LogP contribution in [0.25, 0.3) is 5.57 Å². The molecule has 0 amide bonds. The third kappa shape index (κ3) is 5.23. The zero-order valence-electron chi connectivity index (χ0n) is 18.3. The lowest BCUT2D eigenvalue weighted by molar-refractivity contribution is -0.137. The highest BCUT2D eigenvalue weighted by atomic mass is 16.5. The van der Waals surface area contributed by atoms with Gasteiger partial charge in [-0.3, -0.25) is 0 Å². The lowest BCUT2D eigenvalue weighted by atomic mass is 9.72. The SMILES string of the molecule is CCOC(=O)/C=C(\C)C(C)CC1=CC2(CCCCC2)COc2ccc(OC)cc21. The molecule has 1 aromatic rings. The number of esters is 1. The summed E-state index contributed by atoms with van der Waals surface area (Å²) in [6.07, 6.45) is 11.1. The van der Waals surface area contributed by atoms with Crippen molar-refractivity contribution in [2.45, 2.75) is 59.3 Å². The summed E-state index contributed by atoms with van der Waals surface area (Å²) in [6.45, 7) is 7.15. The molecule has 3 rings (SSSR count). The number of carbonyl (C=O) groups is 1. The molecular formula is C25H34O4. The molecule has 0 bridgehead atoms. The van der Waals surface area contributed by atoms with Gasteiger partial charge in [-0.15, -0.1) is 0 Å². The van der Waals surface area contributed by atoms with Gasteiger partial charge in [0.2, 0.25) is 0 Å². The normalized spacial score (nSPS) is 19.4. The maximum Gasteiger partial charge on any atom is 0.330 e. The van der Waals surface area contributed by atoms with Gasteiger partial charge in [0.05, 0.1) is 20.3 Å². The Hall–Kier alpha value is -2.23. The van der Waals surface area contributed by atoms with Crippen LogP contribution in [-0.2, 0) is 9.53 Å². The predicted octanol–water partition coefficient (Wildman–Crippen LogP) is 5.96. The molecule has 0 radical (unpaired) electrons. The second kappa shape index (κ2) is 9.51. The van der Waals surface area contributed by atoms with Crippen molar-refractivity contribution in [1.82, 2.24) is 0 Å². The fourth-order valence-corrected chi connectivity index (χ4v) is 4.44. The summed E-state index contributed by atoms with van der Waals surface area (Å²) in [5.74, 6) is 1.73. The van der Waals surface area contributed by atoms with Crippen LogP contribution in [-0.4, -0.2) is 26.3 Å². The van der Waals surface area contributed by atoms with E-state index in [-0.39, 0.29) is 17.3 Å². The van der Waals surface area contributed by atoms with Gasteiger partial charge in [-0.25, -0.2) is 4.79 Å². The Morgan fingerprint density at radius 3 is 2.72 bits per heavy atom. The van der Waals surface area contributed by atoms with Crippen LogP contribution in [0.4, 0.5) is 0 Å². The molecule has 1 saturated carbocycles. The quantitative estimate of drug-likeness (QED) is 0.438. The summed E-state index contributed by atoms with van der Waals surface area (Å²) < 4.78 is 16.9. The van der Waals surface area contributed by atoms with E-state index in [0.29, 0.717) is 6.61 Å². The molecule has 29 heavy (non-hydrogen) atoms. The maximum atomic E-state index is 11.9. The van der Waals surface area contributed by atoms with Crippen molar-refractivity contribution in [2.75, 3.05) is 20.3 Å². The first-order valence-electron chi connectivity index (χ1n) is 10.8. The van der Waals surface area contributed by atoms with Gasteiger partial charge in [0.25, 0.3) is 0 Å². The molecule has 4 nitrogen and oxygen atoms in total. The number of allylic oxidation sites excluding steroid dienone is 2. The van der Waals surface area contributed by atoms with Crippen LogP contribution in [0.2, 0.25) is 0 Å². The molecule has 1 unspecified atom stereocenters. The Labute approximate surface area is 174 Å². The van der Waals surface area contributed by atoms with Crippen LogP contribution in [0.1, 0.15) is 64.9 Å². The minimum atomic E-state index is -0.263. The van der Waals surface area contributed by atoms with E-state index in [1.165, 1.54) is 37.7 Å². The lowest BCUT2D eigenvalue weighted by Gasteiger charge is -2.34. The van der Waals surface area contributed by atoms with E-state index in [1.54, 1.807) is 13.2 Å². The zero-order valence-corrected chi connectivity index (χ0v) is 18.3. The number of rotatable bonds is 6. The van der Waals surface area contributed by atoms with Gasteiger partial charge in [-0.05, 0) is 62.8 Å². The van der Waals surface area contributed by atoms with Crippen molar-refractivity contribution in [3.63, 3.8) is 0 Å².